The average Bonchev–Trinajstić information content (AvgIpc) is 3.08. The molecule has 0 aromatic carbocycles. The Balaban J connectivity index is 1.78. The minimum Gasteiger partial charge on any atom is -0.345 e. The maximum atomic E-state index is 4.84. The largest absolute Gasteiger partial charge is 0.345 e. The van der Waals surface area contributed by atoms with Crippen molar-refractivity contribution < 1.29 is 0 Å². The minimum atomic E-state index is 0.502. The summed E-state index contributed by atoms with van der Waals surface area (Å²) in [7, 11) is 2.10. The molecule has 0 aliphatic heterocycles. The number of aromatic nitrogens is 2. The van der Waals surface area contributed by atoms with E-state index in [2.05, 4.69) is 34.6 Å². The van der Waals surface area contributed by atoms with E-state index in [1.807, 2.05) is 16.8 Å². The first-order valence-corrected chi connectivity index (χ1v) is 8.85. The van der Waals surface area contributed by atoms with Crippen LogP contribution in [0.15, 0.2) is 10.9 Å². The molecule has 1 N–H and O–H groups in total. The van der Waals surface area contributed by atoms with Gasteiger partial charge in [-0.15, -0.1) is 11.3 Å². The first kappa shape index (κ1) is 14.0. The number of anilines is 1. The van der Waals surface area contributed by atoms with Gasteiger partial charge in [0.1, 0.15) is 0 Å². The van der Waals surface area contributed by atoms with E-state index in [4.69, 9.17) is 4.98 Å². The highest BCUT2D eigenvalue weighted by Gasteiger charge is 2.24. The molecule has 20 heavy (non-hydrogen) atoms. The van der Waals surface area contributed by atoms with Crippen molar-refractivity contribution in [2.75, 3.05) is 18.5 Å². The fourth-order valence-electron chi connectivity index (χ4n) is 2.64. The zero-order valence-corrected chi connectivity index (χ0v) is 13.6. The van der Waals surface area contributed by atoms with Gasteiger partial charge in [0.05, 0.1) is 23.4 Å². The molecular weight excluding hydrogens is 288 g/mol. The van der Waals surface area contributed by atoms with E-state index in [0.717, 1.165) is 30.3 Å². The average molecular weight is 308 g/mol. The van der Waals surface area contributed by atoms with Crippen LogP contribution in [0.5, 0.6) is 0 Å². The molecule has 0 saturated carbocycles. The van der Waals surface area contributed by atoms with Crippen molar-refractivity contribution in [2.24, 2.45) is 0 Å². The lowest BCUT2D eigenvalue weighted by molar-refractivity contribution is 0.476. The number of nitrogens with zero attached hydrogens (tertiary/aromatic N) is 3. The molecule has 0 saturated heterocycles. The van der Waals surface area contributed by atoms with Crippen molar-refractivity contribution in [3.05, 3.63) is 27.2 Å². The van der Waals surface area contributed by atoms with Crippen LogP contribution in [-0.4, -0.2) is 23.6 Å². The van der Waals surface area contributed by atoms with E-state index in [9.17, 15) is 0 Å². The standard InChI is InChI=1S/C14H20N4S2/c1-3-15-11-5-4-6-12-13(11)20-14(17-12)18(2)7-10-8-19-9-16-10/h8-9,11,15H,3-7H2,1-2H3. The second-order valence-electron chi connectivity index (χ2n) is 5.15. The third-order valence-corrected chi connectivity index (χ3v) is 5.56. The van der Waals surface area contributed by atoms with Gasteiger partial charge in [0, 0.05) is 23.3 Å². The number of thiazole rings is 2. The predicted octanol–water partition coefficient (Wildman–Crippen LogP) is 3.22. The first-order chi connectivity index (χ1) is 9.78. The second-order valence-corrected chi connectivity index (χ2v) is 6.87. The van der Waals surface area contributed by atoms with Gasteiger partial charge in [-0.3, -0.25) is 0 Å². The van der Waals surface area contributed by atoms with Crippen molar-refractivity contribution in [3.63, 3.8) is 0 Å². The lowest BCUT2D eigenvalue weighted by Gasteiger charge is -2.21. The molecule has 0 fully saturated rings. The second kappa shape index (κ2) is 6.20. The smallest absolute Gasteiger partial charge is 0.185 e. The number of hydrogen-bond donors (Lipinski definition) is 1. The fourth-order valence-corrected chi connectivity index (χ4v) is 4.37. The third-order valence-electron chi connectivity index (χ3n) is 3.60. The van der Waals surface area contributed by atoms with Crippen LogP contribution in [0, 0.1) is 0 Å². The quantitative estimate of drug-likeness (QED) is 0.921. The molecule has 0 amide bonds. The summed E-state index contributed by atoms with van der Waals surface area (Å²) in [4.78, 5) is 12.8. The van der Waals surface area contributed by atoms with E-state index in [1.165, 1.54) is 23.4 Å². The highest BCUT2D eigenvalue weighted by molar-refractivity contribution is 7.15. The van der Waals surface area contributed by atoms with Gasteiger partial charge in [-0.1, -0.05) is 18.3 Å². The lowest BCUT2D eigenvalue weighted by atomic mass is 9.98. The molecule has 1 unspecified atom stereocenters. The summed E-state index contributed by atoms with van der Waals surface area (Å²) in [6.07, 6.45) is 3.60. The summed E-state index contributed by atoms with van der Waals surface area (Å²) < 4.78 is 0. The predicted molar refractivity (Wildman–Crippen MR) is 85.7 cm³/mol. The topological polar surface area (TPSA) is 41.1 Å². The molecule has 0 radical (unpaired) electrons. The normalized spacial score (nSPS) is 18.0. The fraction of sp³-hybridized carbons (Fsp3) is 0.571. The monoisotopic (exact) mass is 308 g/mol. The van der Waals surface area contributed by atoms with Crippen LogP contribution >= 0.6 is 22.7 Å². The molecule has 4 nitrogen and oxygen atoms in total. The van der Waals surface area contributed by atoms with Crippen LogP contribution in [0.1, 0.15) is 42.1 Å². The van der Waals surface area contributed by atoms with Crippen molar-refractivity contribution in [1.29, 1.82) is 0 Å². The molecule has 1 aliphatic carbocycles. The Labute approximate surface area is 127 Å². The van der Waals surface area contributed by atoms with Crippen LogP contribution in [-0.2, 0) is 13.0 Å². The summed E-state index contributed by atoms with van der Waals surface area (Å²) >= 11 is 3.49. The number of rotatable bonds is 5. The van der Waals surface area contributed by atoms with Crippen LogP contribution in [0.3, 0.4) is 0 Å². The molecule has 0 spiro atoms. The van der Waals surface area contributed by atoms with Gasteiger partial charge in [0.2, 0.25) is 0 Å². The third kappa shape index (κ3) is 2.87. The van der Waals surface area contributed by atoms with Gasteiger partial charge in [0.15, 0.2) is 5.13 Å². The maximum absolute atomic E-state index is 4.84. The summed E-state index contributed by atoms with van der Waals surface area (Å²) in [5, 5.41) is 6.80. The van der Waals surface area contributed by atoms with Crippen LogP contribution < -0.4 is 10.2 Å². The first-order valence-electron chi connectivity index (χ1n) is 7.09. The van der Waals surface area contributed by atoms with Crippen molar-refractivity contribution in [2.45, 2.75) is 38.8 Å². The summed E-state index contributed by atoms with van der Waals surface area (Å²) in [5.41, 5.74) is 4.30. The number of aryl methyl sites for hydroxylation is 1. The van der Waals surface area contributed by atoms with Crippen LogP contribution in [0.25, 0.3) is 0 Å². The number of hydrogen-bond acceptors (Lipinski definition) is 6. The molecule has 0 bridgehead atoms. The van der Waals surface area contributed by atoms with E-state index in [0.29, 0.717) is 6.04 Å². The molecular formula is C14H20N4S2. The minimum absolute atomic E-state index is 0.502. The number of fused-ring (bicyclic) bond motifs is 1. The van der Waals surface area contributed by atoms with Gasteiger partial charge in [-0.25, -0.2) is 9.97 Å². The lowest BCUT2D eigenvalue weighted by Crippen LogP contribution is -2.23. The maximum Gasteiger partial charge on any atom is 0.185 e. The molecule has 2 heterocycles. The van der Waals surface area contributed by atoms with Gasteiger partial charge in [-0.2, -0.15) is 0 Å². The summed E-state index contributed by atoms with van der Waals surface area (Å²) in [5.74, 6) is 0. The zero-order chi connectivity index (χ0) is 13.9. The van der Waals surface area contributed by atoms with E-state index in [1.54, 1.807) is 11.3 Å². The highest BCUT2D eigenvalue weighted by atomic mass is 32.1. The zero-order valence-electron chi connectivity index (χ0n) is 11.9. The Morgan fingerprint density at radius 3 is 3.15 bits per heavy atom. The van der Waals surface area contributed by atoms with E-state index in [-0.39, 0.29) is 0 Å². The Bertz CT molecular complexity index is 550. The molecule has 2 aromatic rings. The summed E-state index contributed by atoms with van der Waals surface area (Å²) in [6, 6.07) is 0.502. The highest BCUT2D eigenvalue weighted by Crippen LogP contribution is 2.37. The molecule has 108 valence electrons. The Morgan fingerprint density at radius 2 is 2.40 bits per heavy atom. The van der Waals surface area contributed by atoms with Crippen molar-refractivity contribution in [1.82, 2.24) is 15.3 Å². The van der Waals surface area contributed by atoms with Crippen LogP contribution in [0.4, 0.5) is 5.13 Å². The summed E-state index contributed by atoms with van der Waals surface area (Å²) in [6.45, 7) is 4.03. The van der Waals surface area contributed by atoms with Gasteiger partial charge >= 0.3 is 0 Å². The van der Waals surface area contributed by atoms with Gasteiger partial charge in [-0.05, 0) is 25.8 Å². The molecule has 6 heteroatoms. The van der Waals surface area contributed by atoms with E-state index >= 15 is 0 Å². The molecule has 3 rings (SSSR count). The van der Waals surface area contributed by atoms with E-state index < -0.39 is 0 Å². The molecule has 2 aromatic heterocycles. The Kier molecular flexibility index (Phi) is 4.33. The van der Waals surface area contributed by atoms with Crippen LogP contribution in [0.2, 0.25) is 0 Å². The Morgan fingerprint density at radius 1 is 1.50 bits per heavy atom. The molecule has 1 aliphatic rings. The number of nitrogens with one attached hydrogen (secondary N) is 1. The van der Waals surface area contributed by atoms with Gasteiger partial charge < -0.3 is 10.2 Å². The molecule has 1 atom stereocenters. The SMILES string of the molecule is CCNC1CCCc2nc(N(C)Cc3cscn3)sc21. The van der Waals surface area contributed by atoms with Crippen molar-refractivity contribution >= 4 is 27.8 Å². The Hall–Kier alpha value is -0.980. The van der Waals surface area contributed by atoms with Crippen molar-refractivity contribution in [3.8, 4) is 0 Å². The van der Waals surface area contributed by atoms with Gasteiger partial charge in [0.25, 0.3) is 0 Å².